The Bertz CT molecular complexity index is 535. The SMILES string of the molecule is Cc1c([C@H]2OCC[C@@H]2NCc2cccs2)cnn1C. The molecule has 2 aromatic rings. The van der Waals surface area contributed by atoms with Crippen molar-refractivity contribution in [2.45, 2.75) is 32.0 Å². The first kappa shape index (κ1) is 12.8. The maximum absolute atomic E-state index is 5.90. The molecule has 19 heavy (non-hydrogen) atoms. The molecule has 3 rings (SSSR count). The Hall–Kier alpha value is -1.17. The first-order valence-electron chi connectivity index (χ1n) is 6.61. The van der Waals surface area contributed by atoms with Gasteiger partial charge in [0.25, 0.3) is 0 Å². The summed E-state index contributed by atoms with van der Waals surface area (Å²) < 4.78 is 7.81. The molecule has 1 aliphatic rings. The van der Waals surface area contributed by atoms with Crippen LogP contribution in [-0.2, 0) is 18.3 Å². The van der Waals surface area contributed by atoms with Crippen molar-refractivity contribution in [1.29, 1.82) is 0 Å². The van der Waals surface area contributed by atoms with Gasteiger partial charge in [0, 0.05) is 42.4 Å². The summed E-state index contributed by atoms with van der Waals surface area (Å²) in [6.07, 6.45) is 3.13. The Kier molecular flexibility index (Phi) is 3.68. The van der Waals surface area contributed by atoms with Gasteiger partial charge in [0.1, 0.15) is 6.10 Å². The van der Waals surface area contributed by atoms with Crippen molar-refractivity contribution >= 4 is 11.3 Å². The van der Waals surface area contributed by atoms with Gasteiger partial charge in [-0.3, -0.25) is 4.68 Å². The van der Waals surface area contributed by atoms with E-state index in [-0.39, 0.29) is 6.10 Å². The van der Waals surface area contributed by atoms with Gasteiger partial charge in [0.2, 0.25) is 0 Å². The number of aromatic nitrogens is 2. The molecule has 0 amide bonds. The Morgan fingerprint density at radius 3 is 3.16 bits per heavy atom. The minimum atomic E-state index is 0.133. The minimum absolute atomic E-state index is 0.133. The second-order valence-electron chi connectivity index (χ2n) is 4.96. The number of thiophene rings is 1. The van der Waals surface area contributed by atoms with E-state index in [0.717, 1.165) is 19.6 Å². The van der Waals surface area contributed by atoms with E-state index in [9.17, 15) is 0 Å². The van der Waals surface area contributed by atoms with E-state index in [1.807, 2.05) is 17.9 Å². The van der Waals surface area contributed by atoms with Crippen LogP contribution in [0.15, 0.2) is 23.7 Å². The fourth-order valence-electron chi connectivity index (χ4n) is 2.54. The molecule has 4 nitrogen and oxygen atoms in total. The number of nitrogens with one attached hydrogen (secondary N) is 1. The Morgan fingerprint density at radius 1 is 1.58 bits per heavy atom. The van der Waals surface area contributed by atoms with Gasteiger partial charge in [-0.05, 0) is 24.8 Å². The van der Waals surface area contributed by atoms with E-state index >= 15 is 0 Å². The molecule has 0 radical (unpaired) electrons. The van der Waals surface area contributed by atoms with E-state index in [4.69, 9.17) is 4.74 Å². The molecule has 0 aromatic carbocycles. The lowest BCUT2D eigenvalue weighted by molar-refractivity contribution is 0.0979. The molecular weight excluding hydrogens is 258 g/mol. The second-order valence-corrected chi connectivity index (χ2v) is 5.99. The van der Waals surface area contributed by atoms with Crippen molar-refractivity contribution in [1.82, 2.24) is 15.1 Å². The van der Waals surface area contributed by atoms with E-state index in [1.54, 1.807) is 11.3 Å². The predicted octanol–water partition coefficient (Wildman–Crippen LogP) is 2.41. The van der Waals surface area contributed by atoms with E-state index in [1.165, 1.54) is 16.1 Å². The van der Waals surface area contributed by atoms with Crippen molar-refractivity contribution in [3.8, 4) is 0 Å². The number of rotatable bonds is 4. The average Bonchev–Trinajstić information content (AvgIpc) is 3.11. The van der Waals surface area contributed by atoms with Gasteiger partial charge in [-0.2, -0.15) is 5.10 Å². The van der Waals surface area contributed by atoms with Crippen LogP contribution in [-0.4, -0.2) is 22.4 Å². The topological polar surface area (TPSA) is 39.1 Å². The zero-order chi connectivity index (χ0) is 13.2. The molecule has 0 bridgehead atoms. The number of nitrogens with zero attached hydrogens (tertiary/aromatic N) is 2. The minimum Gasteiger partial charge on any atom is -0.372 e. The molecule has 1 fully saturated rings. The normalized spacial score (nSPS) is 23.1. The Morgan fingerprint density at radius 2 is 2.47 bits per heavy atom. The summed E-state index contributed by atoms with van der Waals surface area (Å²) in [5.74, 6) is 0. The van der Waals surface area contributed by atoms with Gasteiger partial charge in [-0.15, -0.1) is 11.3 Å². The monoisotopic (exact) mass is 277 g/mol. The van der Waals surface area contributed by atoms with E-state index < -0.39 is 0 Å². The van der Waals surface area contributed by atoms with Crippen molar-refractivity contribution in [2.75, 3.05) is 6.61 Å². The maximum Gasteiger partial charge on any atom is 0.101 e. The zero-order valence-corrected chi connectivity index (χ0v) is 12.1. The van der Waals surface area contributed by atoms with Crippen LogP contribution in [0.2, 0.25) is 0 Å². The lowest BCUT2D eigenvalue weighted by Crippen LogP contribution is -2.31. The van der Waals surface area contributed by atoms with E-state index in [0.29, 0.717) is 6.04 Å². The second kappa shape index (κ2) is 5.45. The van der Waals surface area contributed by atoms with Crippen molar-refractivity contribution in [3.63, 3.8) is 0 Å². The van der Waals surface area contributed by atoms with Gasteiger partial charge >= 0.3 is 0 Å². The largest absolute Gasteiger partial charge is 0.372 e. The van der Waals surface area contributed by atoms with Crippen LogP contribution < -0.4 is 5.32 Å². The first-order valence-corrected chi connectivity index (χ1v) is 7.49. The van der Waals surface area contributed by atoms with Crippen LogP contribution >= 0.6 is 11.3 Å². The third-order valence-corrected chi connectivity index (χ3v) is 4.67. The summed E-state index contributed by atoms with van der Waals surface area (Å²) in [5, 5.41) is 10.0. The van der Waals surface area contributed by atoms with Crippen LogP contribution in [0.1, 0.15) is 28.7 Å². The van der Waals surface area contributed by atoms with Gasteiger partial charge in [0.05, 0.1) is 6.20 Å². The summed E-state index contributed by atoms with van der Waals surface area (Å²) in [6.45, 7) is 3.84. The molecule has 0 aliphatic carbocycles. The average molecular weight is 277 g/mol. The van der Waals surface area contributed by atoms with Crippen LogP contribution in [0.25, 0.3) is 0 Å². The lowest BCUT2D eigenvalue weighted by atomic mass is 10.0. The fourth-order valence-corrected chi connectivity index (χ4v) is 3.20. The van der Waals surface area contributed by atoms with Crippen LogP contribution in [0.5, 0.6) is 0 Å². The summed E-state index contributed by atoms with van der Waals surface area (Å²) in [6, 6.07) is 4.64. The third-order valence-electron chi connectivity index (χ3n) is 3.79. The highest BCUT2D eigenvalue weighted by Gasteiger charge is 2.31. The Labute approximate surface area is 117 Å². The molecule has 0 saturated carbocycles. The highest BCUT2D eigenvalue weighted by molar-refractivity contribution is 7.09. The summed E-state index contributed by atoms with van der Waals surface area (Å²) in [5.41, 5.74) is 2.40. The zero-order valence-electron chi connectivity index (χ0n) is 11.3. The van der Waals surface area contributed by atoms with Crippen LogP contribution in [0.4, 0.5) is 0 Å². The summed E-state index contributed by atoms with van der Waals surface area (Å²) >= 11 is 1.79. The molecule has 0 unspecified atom stereocenters. The molecular formula is C14H19N3OS. The van der Waals surface area contributed by atoms with Gasteiger partial charge in [-0.1, -0.05) is 6.07 Å². The predicted molar refractivity (Wildman–Crippen MR) is 76.2 cm³/mol. The molecule has 2 aromatic heterocycles. The number of hydrogen-bond donors (Lipinski definition) is 1. The van der Waals surface area contributed by atoms with Gasteiger partial charge in [0.15, 0.2) is 0 Å². The number of hydrogen-bond acceptors (Lipinski definition) is 4. The van der Waals surface area contributed by atoms with Crippen LogP contribution in [0, 0.1) is 6.92 Å². The van der Waals surface area contributed by atoms with E-state index in [2.05, 4.69) is 34.9 Å². The summed E-state index contributed by atoms with van der Waals surface area (Å²) in [4.78, 5) is 1.37. The van der Waals surface area contributed by atoms with Gasteiger partial charge < -0.3 is 10.1 Å². The van der Waals surface area contributed by atoms with Crippen molar-refractivity contribution in [2.24, 2.45) is 7.05 Å². The smallest absolute Gasteiger partial charge is 0.101 e. The molecule has 1 saturated heterocycles. The lowest BCUT2D eigenvalue weighted by Gasteiger charge is -2.19. The molecule has 2 atom stereocenters. The van der Waals surface area contributed by atoms with Gasteiger partial charge in [-0.25, -0.2) is 0 Å². The molecule has 3 heterocycles. The highest BCUT2D eigenvalue weighted by atomic mass is 32.1. The maximum atomic E-state index is 5.90. The molecule has 0 spiro atoms. The highest BCUT2D eigenvalue weighted by Crippen LogP contribution is 2.31. The Balaban J connectivity index is 1.69. The molecule has 5 heteroatoms. The van der Waals surface area contributed by atoms with Crippen molar-refractivity contribution < 1.29 is 4.74 Å². The fraction of sp³-hybridized carbons (Fsp3) is 0.500. The third kappa shape index (κ3) is 2.59. The standard InChI is InChI=1S/C14H19N3OS/c1-10-12(9-16-17(10)2)14-13(5-6-18-14)15-8-11-4-3-7-19-11/h3-4,7,9,13-15H,5-6,8H2,1-2H3/t13-,14+/m0/s1. The summed E-state index contributed by atoms with van der Waals surface area (Å²) in [7, 11) is 1.97. The number of aryl methyl sites for hydroxylation is 1. The number of ether oxygens (including phenoxy) is 1. The quantitative estimate of drug-likeness (QED) is 0.933. The molecule has 1 aliphatic heterocycles. The van der Waals surface area contributed by atoms with Crippen LogP contribution in [0.3, 0.4) is 0 Å². The van der Waals surface area contributed by atoms with Crippen molar-refractivity contribution in [3.05, 3.63) is 39.8 Å². The molecule has 102 valence electrons. The first-order chi connectivity index (χ1) is 9.25. The molecule has 1 N–H and O–H groups in total.